The predicted octanol–water partition coefficient (Wildman–Crippen LogP) is -1.91. The van der Waals surface area contributed by atoms with Gasteiger partial charge in [-0.1, -0.05) is 0 Å². The van der Waals surface area contributed by atoms with Crippen molar-refractivity contribution in [2.45, 2.75) is 37.9 Å². The third kappa shape index (κ3) is 3.49. The van der Waals surface area contributed by atoms with Gasteiger partial charge in [-0.2, -0.15) is 10.6 Å². The number of rotatable bonds is 5. The summed E-state index contributed by atoms with van der Waals surface area (Å²) in [5.41, 5.74) is 8.99. The van der Waals surface area contributed by atoms with Crippen LogP contribution in [0.3, 0.4) is 0 Å². The molecular formula is C15H21N9O2. The van der Waals surface area contributed by atoms with Crippen molar-refractivity contribution < 1.29 is 4.79 Å². The summed E-state index contributed by atoms with van der Waals surface area (Å²) in [4.78, 5) is 28.2. The summed E-state index contributed by atoms with van der Waals surface area (Å²) >= 11 is 0. The average Bonchev–Trinajstić information content (AvgIpc) is 3.34. The highest BCUT2D eigenvalue weighted by molar-refractivity contribution is 5.78. The maximum absolute atomic E-state index is 12.4. The van der Waals surface area contributed by atoms with Crippen LogP contribution in [0.15, 0.2) is 29.6 Å². The summed E-state index contributed by atoms with van der Waals surface area (Å²) in [6.07, 6.45) is 5.50. The fourth-order valence-corrected chi connectivity index (χ4v) is 3.44. The largest absolute Gasteiger partial charge is 0.354 e. The molecule has 4 rings (SSSR count). The highest BCUT2D eigenvalue weighted by Gasteiger charge is 2.36. The van der Waals surface area contributed by atoms with Gasteiger partial charge in [0.25, 0.3) is 5.56 Å². The summed E-state index contributed by atoms with van der Waals surface area (Å²) < 4.78 is 2.80. The van der Waals surface area contributed by atoms with Crippen molar-refractivity contribution in [3.63, 3.8) is 0 Å². The first-order valence-corrected chi connectivity index (χ1v) is 8.67. The lowest BCUT2D eigenvalue weighted by Crippen LogP contribution is -2.45. The van der Waals surface area contributed by atoms with Gasteiger partial charge < -0.3 is 5.32 Å². The molecule has 0 radical (unpaired) electrons. The van der Waals surface area contributed by atoms with E-state index in [0.717, 1.165) is 19.3 Å². The molecule has 4 N–H and O–H groups in total. The van der Waals surface area contributed by atoms with Crippen molar-refractivity contribution in [1.29, 1.82) is 0 Å². The van der Waals surface area contributed by atoms with Crippen LogP contribution in [0.5, 0.6) is 0 Å². The molecule has 1 aliphatic heterocycles. The summed E-state index contributed by atoms with van der Waals surface area (Å²) in [6.45, 7) is 0.647. The molecule has 0 spiro atoms. The molecule has 26 heavy (non-hydrogen) atoms. The Morgan fingerprint density at radius 2 is 2.15 bits per heavy atom. The van der Waals surface area contributed by atoms with Gasteiger partial charge in [-0.25, -0.2) is 25.2 Å². The van der Waals surface area contributed by atoms with Gasteiger partial charge in [0.05, 0.1) is 6.54 Å². The van der Waals surface area contributed by atoms with Crippen LogP contribution < -0.4 is 27.3 Å². The Kier molecular flexibility index (Phi) is 4.73. The molecule has 3 unspecified atom stereocenters. The van der Waals surface area contributed by atoms with Gasteiger partial charge >= 0.3 is 0 Å². The molecule has 3 atom stereocenters. The van der Waals surface area contributed by atoms with E-state index >= 15 is 0 Å². The fraction of sp³-hybridized carbons (Fsp3) is 0.533. The van der Waals surface area contributed by atoms with Gasteiger partial charge in [0.1, 0.15) is 12.7 Å². The molecule has 2 aliphatic rings. The number of nitrogens with zero attached hydrogens (tertiary/aromatic N) is 5. The minimum Gasteiger partial charge on any atom is -0.354 e. The van der Waals surface area contributed by atoms with E-state index in [1.165, 1.54) is 28.1 Å². The first-order chi connectivity index (χ1) is 12.7. The fourth-order valence-electron chi connectivity index (χ4n) is 3.44. The number of amides is 1. The first-order valence-electron chi connectivity index (χ1n) is 8.67. The van der Waals surface area contributed by atoms with Crippen LogP contribution in [0.4, 0.5) is 0 Å². The van der Waals surface area contributed by atoms with Crippen molar-refractivity contribution >= 4 is 5.91 Å². The maximum Gasteiger partial charge on any atom is 0.266 e. The number of hydrazine groups is 2. The lowest BCUT2D eigenvalue weighted by atomic mass is 9.82. The maximum atomic E-state index is 12.4. The van der Waals surface area contributed by atoms with Crippen LogP contribution in [0.1, 0.15) is 19.3 Å². The Morgan fingerprint density at radius 1 is 1.27 bits per heavy atom. The van der Waals surface area contributed by atoms with Gasteiger partial charge in [-0.05, 0) is 25.3 Å². The Bertz CT molecular complexity index is 819. The molecule has 2 aromatic heterocycles. The third-order valence-corrected chi connectivity index (χ3v) is 4.87. The number of fused-ring (bicyclic) bond motifs is 1. The van der Waals surface area contributed by atoms with E-state index < -0.39 is 0 Å². The summed E-state index contributed by atoms with van der Waals surface area (Å²) in [6, 6.07) is 3.66. The molecule has 1 amide bonds. The van der Waals surface area contributed by atoms with E-state index in [-0.39, 0.29) is 23.4 Å². The van der Waals surface area contributed by atoms with Crippen LogP contribution in [0.2, 0.25) is 0 Å². The quantitative estimate of drug-likeness (QED) is 0.486. The van der Waals surface area contributed by atoms with E-state index in [2.05, 4.69) is 36.9 Å². The molecule has 1 aliphatic carbocycles. The van der Waals surface area contributed by atoms with Crippen LogP contribution in [0, 0.1) is 5.92 Å². The van der Waals surface area contributed by atoms with Crippen LogP contribution in [0.25, 0.3) is 5.82 Å². The smallest absolute Gasteiger partial charge is 0.266 e. The minimum absolute atomic E-state index is 0.0170. The number of hydrogen-bond donors (Lipinski definition) is 4. The Labute approximate surface area is 149 Å². The second-order valence-electron chi connectivity index (χ2n) is 6.52. The van der Waals surface area contributed by atoms with Crippen molar-refractivity contribution in [3.05, 3.63) is 35.1 Å². The Morgan fingerprint density at radius 3 is 3.00 bits per heavy atom. The number of nitrogens with one attached hydrogen (secondary N) is 4. The number of carbonyl (C=O) groups is 1. The average molecular weight is 359 g/mol. The van der Waals surface area contributed by atoms with Crippen molar-refractivity contribution in [2.75, 3.05) is 6.54 Å². The minimum atomic E-state index is -0.226. The SMILES string of the molecule is O=C(NCCn1nc(-n2cncn2)ccc1=O)C1CCC2NNNC2C1. The molecule has 0 bridgehead atoms. The van der Waals surface area contributed by atoms with E-state index in [9.17, 15) is 9.59 Å². The van der Waals surface area contributed by atoms with Gasteiger partial charge in [0, 0.05) is 30.6 Å². The highest BCUT2D eigenvalue weighted by atomic mass is 16.2. The van der Waals surface area contributed by atoms with Crippen LogP contribution >= 0.6 is 0 Å². The topological polar surface area (TPSA) is 131 Å². The lowest BCUT2D eigenvalue weighted by molar-refractivity contribution is -0.126. The molecule has 2 fully saturated rings. The summed E-state index contributed by atoms with van der Waals surface area (Å²) in [5.74, 6) is 0.508. The second kappa shape index (κ2) is 7.32. The van der Waals surface area contributed by atoms with Crippen LogP contribution in [-0.4, -0.2) is 49.1 Å². The molecular weight excluding hydrogens is 338 g/mol. The normalized spacial score (nSPS) is 25.0. The molecule has 3 heterocycles. The van der Waals surface area contributed by atoms with Crippen molar-refractivity contribution in [2.24, 2.45) is 5.92 Å². The number of aromatic nitrogens is 5. The van der Waals surface area contributed by atoms with Gasteiger partial charge in [0.15, 0.2) is 5.82 Å². The molecule has 1 saturated heterocycles. The zero-order valence-electron chi connectivity index (χ0n) is 14.1. The van der Waals surface area contributed by atoms with E-state index in [1.54, 1.807) is 6.07 Å². The van der Waals surface area contributed by atoms with Crippen molar-refractivity contribution in [1.82, 2.24) is 46.2 Å². The highest BCUT2D eigenvalue weighted by Crippen LogP contribution is 2.25. The second-order valence-corrected chi connectivity index (χ2v) is 6.52. The van der Waals surface area contributed by atoms with Crippen LogP contribution in [-0.2, 0) is 11.3 Å². The predicted molar refractivity (Wildman–Crippen MR) is 90.7 cm³/mol. The first kappa shape index (κ1) is 16.8. The zero-order valence-corrected chi connectivity index (χ0v) is 14.1. The Hall–Kier alpha value is -2.63. The van der Waals surface area contributed by atoms with E-state index in [4.69, 9.17) is 0 Å². The molecule has 11 nitrogen and oxygen atoms in total. The monoisotopic (exact) mass is 359 g/mol. The molecule has 1 saturated carbocycles. The third-order valence-electron chi connectivity index (χ3n) is 4.87. The van der Waals surface area contributed by atoms with Gasteiger partial charge in [-0.15, -0.1) is 5.10 Å². The van der Waals surface area contributed by atoms with E-state index in [0.29, 0.717) is 24.9 Å². The van der Waals surface area contributed by atoms with E-state index in [1.807, 2.05) is 0 Å². The molecule has 0 aromatic carbocycles. The number of hydrogen-bond acceptors (Lipinski definition) is 8. The summed E-state index contributed by atoms with van der Waals surface area (Å²) in [7, 11) is 0. The standard InChI is InChI=1S/C15H21N9O2/c25-14-4-3-13(24-9-16-8-18-24)21-23(14)6-5-17-15(26)10-1-2-11-12(7-10)20-22-19-11/h3-4,8-12,19-20,22H,1-2,5-7H2,(H,17,26). The molecule has 11 heteroatoms. The molecule has 2 aromatic rings. The molecule has 138 valence electrons. The number of carbonyl (C=O) groups excluding carboxylic acids is 1. The lowest BCUT2D eigenvalue weighted by Gasteiger charge is -2.29. The van der Waals surface area contributed by atoms with Gasteiger partial charge in [-0.3, -0.25) is 9.59 Å². The zero-order chi connectivity index (χ0) is 17.9. The summed E-state index contributed by atoms with van der Waals surface area (Å²) in [5, 5.41) is 11.2. The van der Waals surface area contributed by atoms with Crippen molar-refractivity contribution in [3.8, 4) is 5.82 Å². The van der Waals surface area contributed by atoms with Gasteiger partial charge in [0.2, 0.25) is 5.91 Å². The Balaban J connectivity index is 1.32.